The van der Waals surface area contributed by atoms with Crippen LogP contribution < -0.4 is 5.32 Å². The minimum atomic E-state index is 0.961. The molecule has 4 nitrogen and oxygen atoms in total. The van der Waals surface area contributed by atoms with E-state index >= 15 is 0 Å². The number of likely N-dealkylation sites (tertiary alicyclic amines) is 1. The molecule has 94 valence electrons. The van der Waals surface area contributed by atoms with Gasteiger partial charge in [-0.2, -0.15) is 0 Å². The van der Waals surface area contributed by atoms with Crippen molar-refractivity contribution in [2.75, 3.05) is 31.5 Å². The number of nitrogens with zero attached hydrogens (tertiary/aromatic N) is 3. The van der Waals surface area contributed by atoms with E-state index in [9.17, 15) is 0 Å². The molecule has 0 amide bonds. The van der Waals surface area contributed by atoms with Gasteiger partial charge in [-0.1, -0.05) is 13.3 Å². The largest absolute Gasteiger partial charge is 0.369 e. The molecule has 4 heteroatoms. The number of nitrogens with one attached hydrogen (secondary N) is 1. The van der Waals surface area contributed by atoms with E-state index in [4.69, 9.17) is 0 Å². The molecule has 0 saturated carbocycles. The van der Waals surface area contributed by atoms with E-state index in [-0.39, 0.29) is 0 Å². The highest BCUT2D eigenvalue weighted by atomic mass is 15.2. The normalized spacial score (nSPS) is 16.3. The summed E-state index contributed by atoms with van der Waals surface area (Å²) in [6.07, 6.45) is 6.53. The third-order valence-electron chi connectivity index (χ3n) is 3.16. The van der Waals surface area contributed by atoms with Gasteiger partial charge in [0.1, 0.15) is 12.1 Å². The predicted molar refractivity (Wildman–Crippen MR) is 70.2 cm³/mol. The number of anilines is 1. The number of aryl methyl sites for hydroxylation is 1. The first-order chi connectivity index (χ1) is 8.38. The Balaban J connectivity index is 1.75. The molecule has 0 unspecified atom stereocenters. The van der Waals surface area contributed by atoms with Gasteiger partial charge in [0, 0.05) is 24.8 Å². The van der Waals surface area contributed by atoms with Gasteiger partial charge in [0.05, 0.1) is 0 Å². The standard InChI is InChI=1S/C13H22N4/c1-2-5-12-10-13(16-11-15-12)14-6-9-17-7-3-4-8-17/h10-11H,2-9H2,1H3,(H,14,15,16). The Bertz CT molecular complexity index is 334. The molecule has 0 bridgehead atoms. The molecular formula is C13H22N4. The van der Waals surface area contributed by atoms with Crippen molar-refractivity contribution in [2.45, 2.75) is 32.6 Å². The van der Waals surface area contributed by atoms with E-state index in [0.717, 1.165) is 37.4 Å². The number of aromatic nitrogens is 2. The molecule has 1 aliphatic heterocycles. The highest BCUT2D eigenvalue weighted by Gasteiger charge is 2.10. The fourth-order valence-electron chi connectivity index (χ4n) is 2.24. The summed E-state index contributed by atoms with van der Waals surface area (Å²) in [7, 11) is 0. The number of hydrogen-bond donors (Lipinski definition) is 1. The first kappa shape index (κ1) is 12.3. The van der Waals surface area contributed by atoms with Gasteiger partial charge in [-0.05, 0) is 32.4 Å². The lowest BCUT2D eigenvalue weighted by Crippen LogP contribution is -2.26. The first-order valence-corrected chi connectivity index (χ1v) is 6.65. The zero-order chi connectivity index (χ0) is 11.9. The van der Waals surface area contributed by atoms with E-state index < -0.39 is 0 Å². The SMILES string of the molecule is CCCc1cc(NCCN2CCCC2)ncn1. The van der Waals surface area contributed by atoms with Gasteiger partial charge < -0.3 is 10.2 Å². The summed E-state index contributed by atoms with van der Waals surface area (Å²) < 4.78 is 0. The summed E-state index contributed by atoms with van der Waals surface area (Å²) in [6, 6.07) is 2.06. The average molecular weight is 234 g/mol. The van der Waals surface area contributed by atoms with Crippen molar-refractivity contribution in [2.24, 2.45) is 0 Å². The van der Waals surface area contributed by atoms with E-state index in [1.807, 2.05) is 0 Å². The van der Waals surface area contributed by atoms with Crippen molar-refractivity contribution in [1.82, 2.24) is 14.9 Å². The van der Waals surface area contributed by atoms with Crippen LogP contribution in [0.1, 0.15) is 31.9 Å². The molecule has 2 heterocycles. The van der Waals surface area contributed by atoms with Crippen LogP contribution in [0, 0.1) is 0 Å². The van der Waals surface area contributed by atoms with Crippen LogP contribution in [-0.2, 0) is 6.42 Å². The second-order valence-corrected chi connectivity index (χ2v) is 4.62. The van der Waals surface area contributed by atoms with Crippen LogP contribution in [0.4, 0.5) is 5.82 Å². The summed E-state index contributed by atoms with van der Waals surface area (Å²) in [6.45, 7) is 6.78. The Morgan fingerprint density at radius 3 is 2.88 bits per heavy atom. The molecular weight excluding hydrogens is 212 g/mol. The Kier molecular flexibility index (Phi) is 4.74. The van der Waals surface area contributed by atoms with Gasteiger partial charge in [-0.15, -0.1) is 0 Å². The minimum Gasteiger partial charge on any atom is -0.369 e. The number of rotatable bonds is 6. The fourth-order valence-corrected chi connectivity index (χ4v) is 2.24. The van der Waals surface area contributed by atoms with Crippen LogP contribution in [0.15, 0.2) is 12.4 Å². The quantitative estimate of drug-likeness (QED) is 0.816. The van der Waals surface area contributed by atoms with Gasteiger partial charge in [-0.25, -0.2) is 9.97 Å². The molecule has 0 aromatic carbocycles. The molecule has 1 aromatic rings. The molecule has 1 fully saturated rings. The molecule has 2 rings (SSSR count). The van der Waals surface area contributed by atoms with E-state index in [1.54, 1.807) is 6.33 Å². The zero-order valence-corrected chi connectivity index (χ0v) is 10.7. The van der Waals surface area contributed by atoms with Crippen LogP contribution in [0.25, 0.3) is 0 Å². The maximum Gasteiger partial charge on any atom is 0.129 e. The molecule has 1 aromatic heterocycles. The van der Waals surface area contributed by atoms with E-state index in [2.05, 4.69) is 33.2 Å². The van der Waals surface area contributed by atoms with Crippen molar-refractivity contribution in [3.63, 3.8) is 0 Å². The van der Waals surface area contributed by atoms with E-state index in [0.29, 0.717) is 0 Å². The summed E-state index contributed by atoms with van der Waals surface area (Å²) in [5.41, 5.74) is 1.13. The zero-order valence-electron chi connectivity index (χ0n) is 10.7. The highest BCUT2D eigenvalue weighted by molar-refractivity contribution is 5.34. The molecule has 0 atom stereocenters. The van der Waals surface area contributed by atoms with Crippen LogP contribution in [0.2, 0.25) is 0 Å². The molecule has 1 aliphatic rings. The highest BCUT2D eigenvalue weighted by Crippen LogP contribution is 2.08. The summed E-state index contributed by atoms with van der Waals surface area (Å²) in [5, 5.41) is 3.38. The first-order valence-electron chi connectivity index (χ1n) is 6.65. The van der Waals surface area contributed by atoms with Crippen molar-refractivity contribution in [1.29, 1.82) is 0 Å². The molecule has 1 N–H and O–H groups in total. The molecule has 0 radical (unpaired) electrons. The molecule has 17 heavy (non-hydrogen) atoms. The minimum absolute atomic E-state index is 0.961. The van der Waals surface area contributed by atoms with Crippen LogP contribution >= 0.6 is 0 Å². The van der Waals surface area contributed by atoms with Crippen molar-refractivity contribution in [3.05, 3.63) is 18.1 Å². The maximum atomic E-state index is 4.25. The lowest BCUT2D eigenvalue weighted by Gasteiger charge is -2.15. The number of hydrogen-bond acceptors (Lipinski definition) is 4. The Labute approximate surface area is 103 Å². The van der Waals surface area contributed by atoms with Crippen molar-refractivity contribution < 1.29 is 0 Å². The predicted octanol–water partition coefficient (Wildman–Crippen LogP) is 1.94. The van der Waals surface area contributed by atoms with Gasteiger partial charge >= 0.3 is 0 Å². The third kappa shape index (κ3) is 3.97. The summed E-state index contributed by atoms with van der Waals surface area (Å²) >= 11 is 0. The monoisotopic (exact) mass is 234 g/mol. The van der Waals surface area contributed by atoms with Crippen LogP contribution in [0.5, 0.6) is 0 Å². The molecule has 1 saturated heterocycles. The van der Waals surface area contributed by atoms with Crippen molar-refractivity contribution >= 4 is 5.82 Å². The lowest BCUT2D eigenvalue weighted by atomic mass is 10.2. The Morgan fingerprint density at radius 1 is 1.29 bits per heavy atom. The summed E-state index contributed by atoms with van der Waals surface area (Å²) in [5.74, 6) is 0.961. The maximum absolute atomic E-state index is 4.25. The van der Waals surface area contributed by atoms with Gasteiger partial charge in [0.15, 0.2) is 0 Å². The lowest BCUT2D eigenvalue weighted by molar-refractivity contribution is 0.352. The van der Waals surface area contributed by atoms with Crippen molar-refractivity contribution in [3.8, 4) is 0 Å². The van der Waals surface area contributed by atoms with Crippen LogP contribution in [0.3, 0.4) is 0 Å². The Hall–Kier alpha value is -1.16. The molecule has 0 aliphatic carbocycles. The fraction of sp³-hybridized carbons (Fsp3) is 0.692. The smallest absolute Gasteiger partial charge is 0.129 e. The third-order valence-corrected chi connectivity index (χ3v) is 3.16. The van der Waals surface area contributed by atoms with Gasteiger partial charge in [0.2, 0.25) is 0 Å². The van der Waals surface area contributed by atoms with Gasteiger partial charge in [0.25, 0.3) is 0 Å². The van der Waals surface area contributed by atoms with Gasteiger partial charge in [-0.3, -0.25) is 0 Å². The molecule has 0 spiro atoms. The second-order valence-electron chi connectivity index (χ2n) is 4.62. The summed E-state index contributed by atoms with van der Waals surface area (Å²) in [4.78, 5) is 11.0. The second kappa shape index (κ2) is 6.55. The van der Waals surface area contributed by atoms with E-state index in [1.165, 1.54) is 25.9 Å². The van der Waals surface area contributed by atoms with Crippen LogP contribution in [-0.4, -0.2) is 41.0 Å². The topological polar surface area (TPSA) is 41.0 Å². The average Bonchev–Trinajstić information content (AvgIpc) is 2.83. The Morgan fingerprint density at radius 2 is 2.12 bits per heavy atom.